The van der Waals surface area contributed by atoms with E-state index in [1.807, 2.05) is 32.0 Å². The molecule has 1 saturated heterocycles. The van der Waals surface area contributed by atoms with Gasteiger partial charge in [0.25, 0.3) is 11.7 Å². The molecule has 2 heterocycles. The Balaban J connectivity index is 1.95. The van der Waals surface area contributed by atoms with Gasteiger partial charge in [0.15, 0.2) is 0 Å². The topological polar surface area (TPSA) is 79.7 Å². The number of ether oxygens (including phenoxy) is 1. The highest BCUT2D eigenvalue weighted by molar-refractivity contribution is 6.51. The number of ketones is 1. The van der Waals surface area contributed by atoms with Crippen molar-refractivity contribution < 1.29 is 19.4 Å². The second kappa shape index (κ2) is 8.07. The van der Waals surface area contributed by atoms with Crippen LogP contribution >= 0.6 is 0 Å². The fraction of sp³-hybridized carbons (Fsp3) is 0.160. The highest BCUT2D eigenvalue weighted by Crippen LogP contribution is 2.42. The molecule has 1 amide bonds. The van der Waals surface area contributed by atoms with Crippen molar-refractivity contribution in [1.29, 1.82) is 0 Å². The van der Waals surface area contributed by atoms with E-state index in [0.29, 0.717) is 22.7 Å². The van der Waals surface area contributed by atoms with E-state index in [-0.39, 0.29) is 11.3 Å². The standard InChI is InChI=1S/C25H22N2O4/c1-15-8-4-5-10-19(15)27-22(18-9-6-7-13-26-18)21(24(29)25(27)30)23(28)17-11-12-20(31-3)16(2)14-17/h4-14,22,28H,1-3H3/b23-21-. The molecule has 3 aromatic rings. The lowest BCUT2D eigenvalue weighted by Crippen LogP contribution is -2.30. The molecular weight excluding hydrogens is 392 g/mol. The molecule has 31 heavy (non-hydrogen) atoms. The van der Waals surface area contributed by atoms with Crippen LogP contribution in [0.2, 0.25) is 0 Å². The smallest absolute Gasteiger partial charge is 0.300 e. The predicted molar refractivity (Wildman–Crippen MR) is 118 cm³/mol. The van der Waals surface area contributed by atoms with Crippen molar-refractivity contribution in [1.82, 2.24) is 4.98 Å². The second-order valence-corrected chi connectivity index (χ2v) is 7.39. The molecule has 1 N–H and O–H groups in total. The Hall–Kier alpha value is -3.93. The summed E-state index contributed by atoms with van der Waals surface area (Å²) in [4.78, 5) is 32.1. The van der Waals surface area contributed by atoms with E-state index in [0.717, 1.165) is 11.1 Å². The maximum Gasteiger partial charge on any atom is 0.300 e. The second-order valence-electron chi connectivity index (χ2n) is 7.39. The minimum Gasteiger partial charge on any atom is -0.507 e. The molecule has 1 unspecified atom stereocenters. The van der Waals surface area contributed by atoms with Crippen molar-refractivity contribution in [3.63, 3.8) is 0 Å². The fourth-order valence-corrected chi connectivity index (χ4v) is 3.91. The molecule has 0 saturated carbocycles. The summed E-state index contributed by atoms with van der Waals surface area (Å²) in [5, 5.41) is 11.2. The van der Waals surface area contributed by atoms with Crippen LogP contribution in [0, 0.1) is 13.8 Å². The highest BCUT2D eigenvalue weighted by atomic mass is 16.5. The van der Waals surface area contributed by atoms with Crippen LogP contribution in [0.15, 0.2) is 72.4 Å². The van der Waals surface area contributed by atoms with E-state index < -0.39 is 17.7 Å². The van der Waals surface area contributed by atoms with Gasteiger partial charge in [0.05, 0.1) is 18.4 Å². The monoisotopic (exact) mass is 414 g/mol. The van der Waals surface area contributed by atoms with Crippen molar-refractivity contribution in [3.05, 3.63) is 94.8 Å². The van der Waals surface area contributed by atoms with Gasteiger partial charge in [-0.15, -0.1) is 0 Å². The predicted octanol–water partition coefficient (Wildman–Crippen LogP) is 4.33. The number of nitrogens with zero attached hydrogens (tertiary/aromatic N) is 2. The zero-order chi connectivity index (χ0) is 22.1. The molecule has 6 heteroatoms. The summed E-state index contributed by atoms with van der Waals surface area (Å²) < 4.78 is 5.28. The first-order valence-electron chi connectivity index (χ1n) is 9.86. The first-order chi connectivity index (χ1) is 14.9. The molecule has 6 nitrogen and oxygen atoms in total. The number of hydrogen-bond donors (Lipinski definition) is 1. The van der Waals surface area contributed by atoms with Crippen LogP contribution < -0.4 is 9.64 Å². The Morgan fingerprint density at radius 1 is 1.00 bits per heavy atom. The lowest BCUT2D eigenvalue weighted by Gasteiger charge is -2.26. The Bertz CT molecular complexity index is 1200. The zero-order valence-electron chi connectivity index (χ0n) is 17.5. The van der Waals surface area contributed by atoms with Crippen LogP contribution in [0.25, 0.3) is 5.76 Å². The van der Waals surface area contributed by atoms with Gasteiger partial charge in [-0.1, -0.05) is 24.3 Å². The van der Waals surface area contributed by atoms with Crippen LogP contribution in [0.4, 0.5) is 5.69 Å². The number of carbonyl (C=O) groups excluding carboxylic acids is 2. The summed E-state index contributed by atoms with van der Waals surface area (Å²) in [5.74, 6) is -1.02. The third kappa shape index (κ3) is 3.46. The van der Waals surface area contributed by atoms with E-state index in [4.69, 9.17) is 4.74 Å². The van der Waals surface area contributed by atoms with Crippen LogP contribution in [0.3, 0.4) is 0 Å². The van der Waals surface area contributed by atoms with Crippen LogP contribution in [-0.4, -0.2) is 28.9 Å². The number of aliphatic hydroxyl groups excluding tert-OH is 1. The average molecular weight is 414 g/mol. The molecule has 0 aliphatic carbocycles. The Morgan fingerprint density at radius 3 is 2.39 bits per heavy atom. The number of methoxy groups -OCH3 is 1. The summed E-state index contributed by atoms with van der Waals surface area (Å²) in [5.41, 5.74) is 3.18. The van der Waals surface area contributed by atoms with Crippen molar-refractivity contribution in [3.8, 4) is 5.75 Å². The van der Waals surface area contributed by atoms with E-state index in [9.17, 15) is 14.7 Å². The normalized spacial score (nSPS) is 17.8. The number of anilines is 1. The molecular formula is C25H22N2O4. The maximum atomic E-state index is 13.1. The lowest BCUT2D eigenvalue weighted by molar-refractivity contribution is -0.132. The Labute approximate surface area is 180 Å². The van der Waals surface area contributed by atoms with Crippen LogP contribution in [-0.2, 0) is 9.59 Å². The van der Waals surface area contributed by atoms with Crippen molar-refractivity contribution in [2.24, 2.45) is 0 Å². The van der Waals surface area contributed by atoms with E-state index >= 15 is 0 Å². The van der Waals surface area contributed by atoms with Crippen molar-refractivity contribution in [2.75, 3.05) is 12.0 Å². The summed E-state index contributed by atoms with van der Waals surface area (Å²) in [6.45, 7) is 3.72. The molecule has 0 bridgehead atoms. The minimum atomic E-state index is -0.843. The quantitative estimate of drug-likeness (QED) is 0.390. The third-order valence-corrected chi connectivity index (χ3v) is 5.46. The van der Waals surface area contributed by atoms with Crippen molar-refractivity contribution in [2.45, 2.75) is 19.9 Å². The number of aromatic nitrogens is 1. The molecule has 1 aliphatic heterocycles. The van der Waals surface area contributed by atoms with Gasteiger partial charge in [-0.3, -0.25) is 19.5 Å². The number of hydrogen-bond acceptors (Lipinski definition) is 5. The van der Waals surface area contributed by atoms with Crippen molar-refractivity contribution >= 4 is 23.1 Å². The molecule has 1 aromatic heterocycles. The molecule has 156 valence electrons. The van der Waals surface area contributed by atoms with Gasteiger partial charge in [-0.25, -0.2) is 0 Å². The molecule has 1 aliphatic rings. The SMILES string of the molecule is COc1ccc(/C(O)=C2/C(=O)C(=O)N(c3ccccc3C)C2c2ccccn2)cc1C. The molecule has 0 spiro atoms. The Morgan fingerprint density at radius 2 is 1.74 bits per heavy atom. The number of amides is 1. The maximum absolute atomic E-state index is 13.1. The zero-order valence-corrected chi connectivity index (χ0v) is 17.5. The molecule has 0 radical (unpaired) electrons. The molecule has 1 fully saturated rings. The van der Waals surface area contributed by atoms with Gasteiger partial charge in [0.2, 0.25) is 0 Å². The molecule has 4 rings (SSSR count). The molecule has 1 atom stereocenters. The summed E-state index contributed by atoms with van der Waals surface area (Å²) in [6, 6.07) is 16.9. The Kier molecular flexibility index (Phi) is 5.29. The largest absolute Gasteiger partial charge is 0.507 e. The van der Waals surface area contributed by atoms with E-state index in [1.165, 1.54) is 4.90 Å². The van der Waals surface area contributed by atoms with Crippen LogP contribution in [0.5, 0.6) is 5.75 Å². The molecule has 2 aromatic carbocycles. The number of aryl methyl sites for hydroxylation is 2. The van der Waals surface area contributed by atoms with E-state index in [2.05, 4.69) is 4.98 Å². The van der Waals surface area contributed by atoms with Gasteiger partial charge >= 0.3 is 0 Å². The first-order valence-corrected chi connectivity index (χ1v) is 9.86. The van der Waals surface area contributed by atoms with Gasteiger partial charge in [-0.2, -0.15) is 0 Å². The number of aliphatic hydroxyl groups is 1. The van der Waals surface area contributed by atoms with E-state index in [1.54, 1.807) is 55.8 Å². The number of pyridine rings is 1. The fourth-order valence-electron chi connectivity index (χ4n) is 3.91. The highest BCUT2D eigenvalue weighted by Gasteiger charge is 2.47. The minimum absolute atomic E-state index is 0.0107. The van der Waals surface area contributed by atoms with Crippen LogP contribution in [0.1, 0.15) is 28.4 Å². The van der Waals surface area contributed by atoms with Gasteiger partial charge in [-0.05, 0) is 61.4 Å². The average Bonchev–Trinajstić information content (AvgIpc) is 3.04. The first kappa shape index (κ1) is 20.3. The van der Waals surface area contributed by atoms with Gasteiger partial charge in [0.1, 0.15) is 17.6 Å². The summed E-state index contributed by atoms with van der Waals surface area (Å²) in [7, 11) is 1.57. The van der Waals surface area contributed by atoms with Gasteiger partial charge in [0, 0.05) is 17.4 Å². The summed E-state index contributed by atoms with van der Waals surface area (Å²) >= 11 is 0. The summed E-state index contributed by atoms with van der Waals surface area (Å²) in [6.07, 6.45) is 1.60. The number of rotatable bonds is 4. The third-order valence-electron chi connectivity index (χ3n) is 5.46. The lowest BCUT2D eigenvalue weighted by atomic mass is 9.97. The number of Topliss-reactive ketones (excluding diaryl/α,β-unsaturated/α-hetero) is 1. The number of benzene rings is 2. The van der Waals surface area contributed by atoms with Gasteiger partial charge < -0.3 is 9.84 Å². The number of para-hydroxylation sites is 1. The number of carbonyl (C=O) groups is 2.